The Hall–Kier alpha value is -1.07. The monoisotopic (exact) mass is 254 g/mol. The Labute approximate surface area is 103 Å². The molecule has 0 saturated carbocycles. The molecule has 0 bridgehead atoms. The highest BCUT2D eigenvalue weighted by molar-refractivity contribution is 7.90. The minimum absolute atomic E-state index is 0.625. The van der Waals surface area contributed by atoms with Gasteiger partial charge in [0.15, 0.2) is 0 Å². The lowest BCUT2D eigenvalue weighted by Gasteiger charge is -2.18. The van der Waals surface area contributed by atoms with Crippen molar-refractivity contribution in [1.29, 1.82) is 0 Å². The van der Waals surface area contributed by atoms with Crippen molar-refractivity contribution in [3.8, 4) is 0 Å². The topological polar surface area (TPSA) is 49.4 Å². The zero-order valence-electron chi connectivity index (χ0n) is 10.2. The zero-order valence-corrected chi connectivity index (χ0v) is 11.0. The Morgan fingerprint density at radius 2 is 1.82 bits per heavy atom. The van der Waals surface area contributed by atoms with Crippen molar-refractivity contribution in [1.82, 2.24) is 4.31 Å². The Morgan fingerprint density at radius 3 is 2.47 bits per heavy atom. The van der Waals surface area contributed by atoms with Crippen LogP contribution >= 0.6 is 0 Å². The fraction of sp³-hybridized carbons (Fsp3) is 0.500. The van der Waals surface area contributed by atoms with Gasteiger partial charge in [0, 0.05) is 13.1 Å². The van der Waals surface area contributed by atoms with E-state index >= 15 is 0 Å². The number of nitrogens with zero attached hydrogens (tertiary/aromatic N) is 1. The van der Waals surface area contributed by atoms with Crippen LogP contribution in [0.15, 0.2) is 18.2 Å². The smallest absolute Gasteiger partial charge is 0.271 e. The maximum atomic E-state index is 12.1. The second-order valence-electron chi connectivity index (χ2n) is 4.46. The van der Waals surface area contributed by atoms with E-state index in [1.807, 2.05) is 26.0 Å². The molecule has 0 aliphatic carbocycles. The number of hydrogen-bond donors (Lipinski definition) is 1. The molecule has 1 aliphatic rings. The summed E-state index contributed by atoms with van der Waals surface area (Å²) in [5, 5.41) is 0. The number of nitrogens with one attached hydrogen (secondary N) is 1. The molecule has 1 heterocycles. The van der Waals surface area contributed by atoms with Crippen molar-refractivity contribution in [2.75, 3.05) is 17.8 Å². The lowest BCUT2D eigenvalue weighted by molar-refractivity contribution is 0.482. The van der Waals surface area contributed by atoms with E-state index < -0.39 is 10.2 Å². The summed E-state index contributed by atoms with van der Waals surface area (Å²) in [6.07, 6.45) is 1.90. The average molecular weight is 254 g/mol. The zero-order chi connectivity index (χ0) is 12.5. The molecule has 1 fully saturated rings. The van der Waals surface area contributed by atoms with Crippen molar-refractivity contribution in [3.63, 3.8) is 0 Å². The van der Waals surface area contributed by atoms with Crippen LogP contribution in [-0.4, -0.2) is 25.8 Å². The van der Waals surface area contributed by atoms with Crippen LogP contribution in [0.25, 0.3) is 0 Å². The molecular formula is C12H18N2O2S. The number of benzene rings is 1. The molecule has 0 aromatic heterocycles. The van der Waals surface area contributed by atoms with E-state index in [4.69, 9.17) is 0 Å². The number of rotatable bonds is 3. The van der Waals surface area contributed by atoms with Crippen molar-refractivity contribution < 1.29 is 8.42 Å². The van der Waals surface area contributed by atoms with Crippen LogP contribution in [0.5, 0.6) is 0 Å². The summed E-state index contributed by atoms with van der Waals surface area (Å²) >= 11 is 0. The van der Waals surface area contributed by atoms with Gasteiger partial charge in [-0.25, -0.2) is 0 Å². The molecule has 0 radical (unpaired) electrons. The summed E-state index contributed by atoms with van der Waals surface area (Å²) in [5.41, 5.74) is 2.75. The second kappa shape index (κ2) is 4.66. The second-order valence-corrected chi connectivity index (χ2v) is 6.13. The molecular weight excluding hydrogens is 236 g/mol. The minimum Gasteiger partial charge on any atom is -0.271 e. The fourth-order valence-corrected chi connectivity index (χ4v) is 3.36. The van der Waals surface area contributed by atoms with Crippen molar-refractivity contribution >= 4 is 15.9 Å². The highest BCUT2D eigenvalue weighted by Crippen LogP contribution is 2.21. The van der Waals surface area contributed by atoms with Gasteiger partial charge in [-0.05, 0) is 43.9 Å². The van der Waals surface area contributed by atoms with Gasteiger partial charge in [0.05, 0.1) is 5.69 Å². The van der Waals surface area contributed by atoms with Crippen molar-refractivity contribution in [2.24, 2.45) is 0 Å². The maximum Gasteiger partial charge on any atom is 0.301 e. The first-order valence-electron chi connectivity index (χ1n) is 5.85. The average Bonchev–Trinajstić information content (AvgIpc) is 2.78. The summed E-state index contributed by atoms with van der Waals surface area (Å²) in [5.74, 6) is 0. The highest BCUT2D eigenvalue weighted by atomic mass is 32.2. The molecule has 1 aliphatic heterocycles. The van der Waals surface area contributed by atoms with Gasteiger partial charge in [-0.3, -0.25) is 4.72 Å². The molecule has 1 aromatic carbocycles. The van der Waals surface area contributed by atoms with Crippen LogP contribution in [0.2, 0.25) is 0 Å². The van der Waals surface area contributed by atoms with Crippen LogP contribution in [0.1, 0.15) is 24.0 Å². The predicted octanol–water partition coefficient (Wildman–Crippen LogP) is 2.06. The molecule has 0 amide bonds. The van der Waals surface area contributed by atoms with Crippen LogP contribution in [0.4, 0.5) is 5.69 Å². The molecule has 2 rings (SSSR count). The molecule has 5 heteroatoms. The highest BCUT2D eigenvalue weighted by Gasteiger charge is 2.25. The Kier molecular flexibility index (Phi) is 3.40. The first-order chi connectivity index (χ1) is 8.00. The van der Waals surface area contributed by atoms with E-state index in [0.29, 0.717) is 18.8 Å². The quantitative estimate of drug-likeness (QED) is 0.897. The van der Waals surface area contributed by atoms with E-state index in [9.17, 15) is 8.42 Å². The van der Waals surface area contributed by atoms with Gasteiger partial charge in [0.2, 0.25) is 0 Å². The summed E-state index contributed by atoms with van der Waals surface area (Å²) < 4.78 is 28.3. The molecule has 1 saturated heterocycles. The largest absolute Gasteiger partial charge is 0.301 e. The summed E-state index contributed by atoms with van der Waals surface area (Å²) in [4.78, 5) is 0. The molecule has 1 N–H and O–H groups in total. The Balaban J connectivity index is 2.23. The summed E-state index contributed by atoms with van der Waals surface area (Å²) in [6, 6.07) is 5.64. The molecule has 0 unspecified atom stereocenters. The molecule has 94 valence electrons. The van der Waals surface area contributed by atoms with Gasteiger partial charge in [-0.1, -0.05) is 12.1 Å². The van der Waals surface area contributed by atoms with Gasteiger partial charge < -0.3 is 0 Å². The molecule has 0 spiro atoms. The number of aryl methyl sites for hydroxylation is 1. The van der Waals surface area contributed by atoms with E-state index in [1.165, 1.54) is 4.31 Å². The standard InChI is InChI=1S/C12H18N2O2S/c1-10-6-5-7-12(11(10)2)13-17(15,16)14-8-3-4-9-14/h5-7,13H,3-4,8-9H2,1-2H3. The number of anilines is 1. The van der Waals surface area contributed by atoms with Crippen LogP contribution in [0.3, 0.4) is 0 Å². The third-order valence-corrected chi connectivity index (χ3v) is 4.77. The molecule has 1 aromatic rings. The van der Waals surface area contributed by atoms with Crippen LogP contribution in [0, 0.1) is 13.8 Å². The van der Waals surface area contributed by atoms with Crippen LogP contribution < -0.4 is 4.72 Å². The first-order valence-corrected chi connectivity index (χ1v) is 7.29. The van der Waals surface area contributed by atoms with Crippen LogP contribution in [-0.2, 0) is 10.2 Å². The minimum atomic E-state index is -3.37. The lowest BCUT2D eigenvalue weighted by Crippen LogP contribution is -2.33. The van der Waals surface area contributed by atoms with Crippen molar-refractivity contribution in [3.05, 3.63) is 29.3 Å². The van der Waals surface area contributed by atoms with Gasteiger partial charge in [-0.2, -0.15) is 12.7 Å². The van der Waals surface area contributed by atoms with Gasteiger partial charge in [0.25, 0.3) is 0 Å². The fourth-order valence-electron chi connectivity index (χ4n) is 1.99. The third kappa shape index (κ3) is 2.61. The lowest BCUT2D eigenvalue weighted by atomic mass is 10.1. The first kappa shape index (κ1) is 12.4. The third-order valence-electron chi connectivity index (χ3n) is 3.25. The normalized spacial score (nSPS) is 17.3. The van der Waals surface area contributed by atoms with E-state index in [-0.39, 0.29) is 0 Å². The number of hydrogen-bond acceptors (Lipinski definition) is 2. The maximum absolute atomic E-state index is 12.1. The Morgan fingerprint density at radius 1 is 1.18 bits per heavy atom. The molecule has 0 atom stereocenters. The molecule has 4 nitrogen and oxygen atoms in total. The van der Waals surface area contributed by atoms with Crippen molar-refractivity contribution in [2.45, 2.75) is 26.7 Å². The van der Waals surface area contributed by atoms with Gasteiger partial charge >= 0.3 is 10.2 Å². The summed E-state index contributed by atoms with van der Waals surface area (Å²) in [7, 11) is -3.37. The van der Waals surface area contributed by atoms with Gasteiger partial charge in [-0.15, -0.1) is 0 Å². The van der Waals surface area contributed by atoms with E-state index in [2.05, 4.69) is 4.72 Å². The Bertz CT molecular complexity index is 505. The molecule has 17 heavy (non-hydrogen) atoms. The summed E-state index contributed by atoms with van der Waals surface area (Å²) in [6.45, 7) is 5.15. The van der Waals surface area contributed by atoms with Gasteiger partial charge in [0.1, 0.15) is 0 Å². The SMILES string of the molecule is Cc1cccc(NS(=O)(=O)N2CCCC2)c1C. The predicted molar refractivity (Wildman–Crippen MR) is 69.3 cm³/mol. The van der Waals surface area contributed by atoms with E-state index in [1.54, 1.807) is 6.07 Å². The van der Waals surface area contributed by atoms with E-state index in [0.717, 1.165) is 24.0 Å².